The Kier molecular flexibility index (Phi) is 4.60. The first kappa shape index (κ1) is 15.7. The number of ether oxygens (including phenoxy) is 1. The average Bonchev–Trinajstić information content (AvgIpc) is 3.00. The van der Waals surface area contributed by atoms with Crippen molar-refractivity contribution < 1.29 is 9.13 Å². The zero-order valence-electron chi connectivity index (χ0n) is 13.3. The molecule has 0 aliphatic carbocycles. The monoisotopic (exact) mass is 345 g/mol. The Morgan fingerprint density at radius 1 is 1.12 bits per heavy atom. The van der Waals surface area contributed by atoms with E-state index in [1.807, 2.05) is 18.2 Å². The highest BCUT2D eigenvalue weighted by atomic mass is 32.2. The van der Waals surface area contributed by atoms with Crippen molar-refractivity contribution in [1.29, 1.82) is 0 Å². The zero-order chi connectivity index (χ0) is 16.4. The third-order valence-electron chi connectivity index (χ3n) is 4.27. The number of hydrogen-bond acceptors (Lipinski definition) is 5. The van der Waals surface area contributed by atoms with Gasteiger partial charge in [-0.15, -0.1) is 0 Å². The van der Waals surface area contributed by atoms with E-state index in [1.165, 1.54) is 17.8 Å². The minimum absolute atomic E-state index is 0.213. The second kappa shape index (κ2) is 7.01. The summed E-state index contributed by atoms with van der Waals surface area (Å²) in [5.74, 6) is -0.213. The lowest BCUT2D eigenvalue weighted by Crippen LogP contribution is -2.39. The maximum absolute atomic E-state index is 13.2. The Labute approximate surface area is 145 Å². The van der Waals surface area contributed by atoms with Gasteiger partial charge in [0.1, 0.15) is 5.82 Å². The molecule has 24 heavy (non-hydrogen) atoms. The van der Waals surface area contributed by atoms with E-state index in [2.05, 4.69) is 32.1 Å². The van der Waals surface area contributed by atoms with Crippen LogP contribution in [0.1, 0.15) is 6.42 Å². The predicted octanol–water partition coefficient (Wildman–Crippen LogP) is 3.73. The molecule has 2 aliphatic heterocycles. The van der Waals surface area contributed by atoms with E-state index < -0.39 is 0 Å². The van der Waals surface area contributed by atoms with Gasteiger partial charge in [0.05, 0.1) is 41.9 Å². The summed E-state index contributed by atoms with van der Waals surface area (Å²) in [6, 6.07) is 15.0. The second-order valence-corrected chi connectivity index (χ2v) is 6.90. The number of nitrogens with zero attached hydrogens (tertiary/aromatic N) is 2. The average molecular weight is 345 g/mol. The first-order valence-corrected chi connectivity index (χ1v) is 8.97. The number of halogens is 1. The van der Waals surface area contributed by atoms with Gasteiger partial charge in [0, 0.05) is 19.6 Å². The van der Waals surface area contributed by atoms with E-state index >= 15 is 0 Å². The van der Waals surface area contributed by atoms with Crippen LogP contribution in [-0.2, 0) is 4.74 Å². The van der Waals surface area contributed by atoms with E-state index in [-0.39, 0.29) is 11.9 Å². The van der Waals surface area contributed by atoms with Crippen molar-refractivity contribution >= 4 is 29.2 Å². The fourth-order valence-electron chi connectivity index (χ4n) is 3.02. The molecule has 0 unspecified atom stereocenters. The maximum atomic E-state index is 13.2. The minimum atomic E-state index is -0.213. The van der Waals surface area contributed by atoms with Gasteiger partial charge in [-0.2, -0.15) is 0 Å². The Hall–Kier alpha value is -1.76. The number of rotatable bonds is 4. The summed E-state index contributed by atoms with van der Waals surface area (Å²) in [5.41, 5.74) is 3.30. The Morgan fingerprint density at radius 2 is 1.92 bits per heavy atom. The van der Waals surface area contributed by atoms with Gasteiger partial charge in [0.2, 0.25) is 0 Å². The molecule has 2 aromatic carbocycles. The predicted molar refractivity (Wildman–Crippen MR) is 97.1 cm³/mol. The third-order valence-corrected chi connectivity index (χ3v) is 5.42. The smallest absolute Gasteiger partial charge is 0.123 e. The fraction of sp³-hybridized carbons (Fsp3) is 0.333. The van der Waals surface area contributed by atoms with E-state index in [1.54, 1.807) is 12.1 Å². The molecule has 2 heterocycles. The van der Waals surface area contributed by atoms with Gasteiger partial charge in [0.25, 0.3) is 0 Å². The number of hydrogen-bond donors (Lipinski definition) is 1. The molecule has 0 amide bonds. The molecule has 4 rings (SSSR count). The van der Waals surface area contributed by atoms with Gasteiger partial charge in [-0.05, 0) is 42.8 Å². The summed E-state index contributed by atoms with van der Waals surface area (Å²) in [7, 11) is 0. The molecule has 4 nitrogen and oxygen atoms in total. The molecule has 0 spiro atoms. The molecule has 126 valence electrons. The lowest BCUT2D eigenvalue weighted by atomic mass is 10.2. The van der Waals surface area contributed by atoms with Crippen LogP contribution < -0.4 is 13.9 Å². The van der Waals surface area contributed by atoms with Crippen LogP contribution in [0.15, 0.2) is 48.5 Å². The molecule has 2 aliphatic rings. The number of para-hydroxylation sites is 2. The molecule has 2 aromatic rings. The third kappa shape index (κ3) is 3.22. The Balaban J connectivity index is 1.51. The molecular formula is C18H20FN3OS. The molecule has 1 N–H and O–H groups in total. The van der Waals surface area contributed by atoms with Crippen molar-refractivity contribution in [3.8, 4) is 0 Å². The topological polar surface area (TPSA) is 27.7 Å². The number of benzene rings is 2. The maximum Gasteiger partial charge on any atom is 0.123 e. The molecule has 1 atom stereocenters. The van der Waals surface area contributed by atoms with Crippen molar-refractivity contribution in [2.45, 2.75) is 12.5 Å². The highest BCUT2D eigenvalue weighted by molar-refractivity contribution is 8.02. The zero-order valence-corrected chi connectivity index (χ0v) is 14.1. The van der Waals surface area contributed by atoms with Gasteiger partial charge in [-0.3, -0.25) is 8.61 Å². The van der Waals surface area contributed by atoms with Crippen molar-refractivity contribution in [2.75, 3.05) is 34.9 Å². The lowest BCUT2D eigenvalue weighted by molar-refractivity contribution is 0.0254. The number of anilines is 3. The van der Waals surface area contributed by atoms with Gasteiger partial charge in [-0.1, -0.05) is 12.1 Å². The molecule has 1 fully saturated rings. The molecular weight excluding hydrogens is 325 g/mol. The van der Waals surface area contributed by atoms with Gasteiger partial charge in [0.15, 0.2) is 0 Å². The molecule has 0 saturated carbocycles. The Bertz CT molecular complexity index is 691. The van der Waals surface area contributed by atoms with Crippen molar-refractivity contribution in [1.82, 2.24) is 5.32 Å². The van der Waals surface area contributed by atoms with Gasteiger partial charge >= 0.3 is 0 Å². The lowest BCUT2D eigenvalue weighted by Gasteiger charge is -2.26. The molecule has 0 radical (unpaired) electrons. The molecule has 0 aromatic heterocycles. The highest BCUT2D eigenvalue weighted by Gasteiger charge is 2.29. The first-order valence-electron chi connectivity index (χ1n) is 8.24. The van der Waals surface area contributed by atoms with E-state index in [9.17, 15) is 4.39 Å². The second-order valence-electron chi connectivity index (χ2n) is 5.93. The number of morpholine rings is 1. The van der Waals surface area contributed by atoms with Crippen LogP contribution in [0, 0.1) is 5.82 Å². The van der Waals surface area contributed by atoms with Crippen LogP contribution in [0.3, 0.4) is 0 Å². The Morgan fingerprint density at radius 3 is 2.67 bits per heavy atom. The van der Waals surface area contributed by atoms with Gasteiger partial charge in [-0.25, -0.2) is 4.39 Å². The van der Waals surface area contributed by atoms with Crippen LogP contribution >= 0.6 is 12.1 Å². The standard InChI is InChI=1S/C18H20FN3OS/c19-14-5-7-15(8-6-14)22-18-4-2-1-3-17(18)21(24-22)11-9-16-13-20-10-12-23-16/h1-8,16,20H,9-13H2/t16-/m1/s1. The van der Waals surface area contributed by atoms with Crippen molar-refractivity contribution in [2.24, 2.45) is 0 Å². The highest BCUT2D eigenvalue weighted by Crippen LogP contribution is 2.48. The van der Waals surface area contributed by atoms with Crippen molar-refractivity contribution in [3.63, 3.8) is 0 Å². The summed E-state index contributed by atoms with van der Waals surface area (Å²) in [4.78, 5) is 0. The molecule has 0 bridgehead atoms. The van der Waals surface area contributed by atoms with Crippen LogP contribution in [0.25, 0.3) is 0 Å². The summed E-state index contributed by atoms with van der Waals surface area (Å²) in [6.07, 6.45) is 1.25. The minimum Gasteiger partial charge on any atom is -0.376 e. The summed E-state index contributed by atoms with van der Waals surface area (Å²) in [5, 5.41) is 3.37. The molecule has 1 saturated heterocycles. The summed E-state index contributed by atoms with van der Waals surface area (Å²) >= 11 is 1.66. The van der Waals surface area contributed by atoms with Crippen LogP contribution in [-0.4, -0.2) is 32.3 Å². The van der Waals surface area contributed by atoms with Gasteiger partial charge < -0.3 is 10.1 Å². The SMILES string of the molecule is Fc1ccc(N2SN(CC[C@@H]3CNCCO3)c3ccccc32)cc1. The summed E-state index contributed by atoms with van der Waals surface area (Å²) in [6.45, 7) is 3.56. The number of nitrogens with one attached hydrogen (secondary N) is 1. The van der Waals surface area contributed by atoms with Crippen LogP contribution in [0.5, 0.6) is 0 Å². The van der Waals surface area contributed by atoms with E-state index in [0.717, 1.165) is 44.0 Å². The number of fused-ring (bicyclic) bond motifs is 1. The van der Waals surface area contributed by atoms with Crippen LogP contribution in [0.2, 0.25) is 0 Å². The normalized spacial score (nSPS) is 20.3. The summed E-state index contributed by atoms with van der Waals surface area (Å²) < 4.78 is 23.4. The van der Waals surface area contributed by atoms with Crippen LogP contribution in [0.4, 0.5) is 21.5 Å². The van der Waals surface area contributed by atoms with E-state index in [0.29, 0.717) is 0 Å². The largest absolute Gasteiger partial charge is 0.376 e. The molecule has 6 heteroatoms. The first-order chi connectivity index (χ1) is 11.8. The quantitative estimate of drug-likeness (QED) is 0.853. The van der Waals surface area contributed by atoms with E-state index in [4.69, 9.17) is 4.74 Å². The fourth-order valence-corrected chi connectivity index (χ4v) is 4.11. The van der Waals surface area contributed by atoms with Crippen molar-refractivity contribution in [3.05, 3.63) is 54.3 Å².